The van der Waals surface area contributed by atoms with Crippen LogP contribution in [0, 0.1) is 18.3 Å². The molecule has 108 valence electrons. The Kier molecular flexibility index (Phi) is 3.84. The van der Waals surface area contributed by atoms with Gasteiger partial charge >= 0.3 is 0 Å². The van der Waals surface area contributed by atoms with Crippen LogP contribution in [0.4, 0.5) is 0 Å². The fourth-order valence-electron chi connectivity index (χ4n) is 2.05. The van der Waals surface area contributed by atoms with E-state index in [1.54, 1.807) is 24.3 Å². The van der Waals surface area contributed by atoms with Crippen LogP contribution in [0.1, 0.15) is 17.0 Å². The van der Waals surface area contributed by atoms with Crippen molar-refractivity contribution in [2.24, 2.45) is 0 Å². The molecule has 1 heterocycles. The number of nitrogens with zero attached hydrogens (tertiary/aromatic N) is 3. The van der Waals surface area contributed by atoms with E-state index in [2.05, 4.69) is 16.2 Å². The summed E-state index contributed by atoms with van der Waals surface area (Å²) in [7, 11) is 0. The zero-order valence-electron chi connectivity index (χ0n) is 12.0. The van der Waals surface area contributed by atoms with E-state index in [0.29, 0.717) is 23.0 Å². The molecule has 0 unspecified atom stereocenters. The van der Waals surface area contributed by atoms with Gasteiger partial charge in [0.1, 0.15) is 5.75 Å². The number of aromatic nitrogens is 2. The Morgan fingerprint density at radius 2 is 2.05 bits per heavy atom. The van der Waals surface area contributed by atoms with Crippen molar-refractivity contribution < 1.29 is 9.26 Å². The molecule has 0 aliphatic heterocycles. The second-order valence-corrected chi connectivity index (χ2v) is 4.75. The lowest BCUT2D eigenvalue weighted by molar-refractivity contribution is 0.243. The average molecular weight is 291 g/mol. The molecule has 0 aliphatic carbocycles. The van der Waals surface area contributed by atoms with Gasteiger partial charge in [0.25, 0.3) is 5.89 Å². The molecule has 0 saturated heterocycles. The van der Waals surface area contributed by atoms with Crippen molar-refractivity contribution in [3.05, 3.63) is 65.5 Å². The summed E-state index contributed by atoms with van der Waals surface area (Å²) in [6.07, 6.45) is 0. The topological polar surface area (TPSA) is 71.9 Å². The molecule has 0 amide bonds. The smallest absolute Gasteiger partial charge is 0.264 e. The van der Waals surface area contributed by atoms with E-state index in [1.807, 2.05) is 31.2 Å². The van der Waals surface area contributed by atoms with Crippen LogP contribution in [0.15, 0.2) is 53.1 Å². The van der Waals surface area contributed by atoms with Crippen LogP contribution in [-0.2, 0) is 6.61 Å². The summed E-state index contributed by atoms with van der Waals surface area (Å²) in [6, 6.07) is 16.8. The predicted octanol–water partition coefficient (Wildman–Crippen LogP) is 3.50. The van der Waals surface area contributed by atoms with E-state index < -0.39 is 0 Å². The van der Waals surface area contributed by atoms with Gasteiger partial charge in [0.2, 0.25) is 5.82 Å². The first-order valence-corrected chi connectivity index (χ1v) is 6.78. The molecule has 0 bridgehead atoms. The summed E-state index contributed by atoms with van der Waals surface area (Å²) in [5.41, 5.74) is 2.56. The summed E-state index contributed by atoms with van der Waals surface area (Å²) in [6.45, 7) is 2.16. The van der Waals surface area contributed by atoms with Crippen molar-refractivity contribution in [3.63, 3.8) is 0 Å². The molecular weight excluding hydrogens is 278 g/mol. The Morgan fingerprint density at radius 1 is 1.18 bits per heavy atom. The highest BCUT2D eigenvalue weighted by Crippen LogP contribution is 2.20. The van der Waals surface area contributed by atoms with Crippen LogP contribution in [-0.4, -0.2) is 10.1 Å². The minimum atomic E-state index is 0.160. The molecule has 0 N–H and O–H groups in total. The van der Waals surface area contributed by atoms with Crippen LogP contribution < -0.4 is 4.74 Å². The zero-order valence-corrected chi connectivity index (χ0v) is 12.0. The zero-order chi connectivity index (χ0) is 15.4. The Balaban J connectivity index is 1.72. The number of aryl methyl sites for hydroxylation is 1. The second kappa shape index (κ2) is 6.10. The lowest BCUT2D eigenvalue weighted by Crippen LogP contribution is -1.96. The average Bonchev–Trinajstić information content (AvgIpc) is 3.02. The number of ether oxygens (including phenoxy) is 1. The van der Waals surface area contributed by atoms with Crippen molar-refractivity contribution >= 4 is 0 Å². The Labute approximate surface area is 127 Å². The Morgan fingerprint density at radius 3 is 2.86 bits per heavy atom. The first kappa shape index (κ1) is 13.8. The van der Waals surface area contributed by atoms with E-state index in [0.717, 1.165) is 11.1 Å². The SMILES string of the molecule is Cc1ccccc1-c1noc(COc2cccc(C#N)c2)n1. The lowest BCUT2D eigenvalue weighted by atomic mass is 10.1. The standard InChI is InChI=1S/C17H13N3O2/c1-12-5-2-3-8-15(12)17-19-16(22-20-17)11-21-14-7-4-6-13(9-14)10-18/h2-9H,11H2,1H3. The highest BCUT2D eigenvalue weighted by atomic mass is 16.5. The maximum Gasteiger partial charge on any atom is 0.264 e. The van der Waals surface area contributed by atoms with Gasteiger partial charge < -0.3 is 9.26 Å². The number of hydrogen-bond acceptors (Lipinski definition) is 5. The maximum absolute atomic E-state index is 8.86. The highest BCUT2D eigenvalue weighted by molar-refractivity contribution is 5.58. The first-order chi connectivity index (χ1) is 10.8. The van der Waals surface area contributed by atoms with Crippen molar-refractivity contribution in [2.75, 3.05) is 0 Å². The van der Waals surface area contributed by atoms with Gasteiger partial charge in [0.15, 0.2) is 6.61 Å². The molecule has 0 atom stereocenters. The quantitative estimate of drug-likeness (QED) is 0.735. The van der Waals surface area contributed by atoms with Crippen molar-refractivity contribution in [2.45, 2.75) is 13.5 Å². The largest absolute Gasteiger partial charge is 0.484 e. The van der Waals surface area contributed by atoms with E-state index in [1.165, 1.54) is 0 Å². The van der Waals surface area contributed by atoms with Gasteiger partial charge in [-0.1, -0.05) is 35.5 Å². The summed E-state index contributed by atoms with van der Waals surface area (Å²) in [5.74, 6) is 1.53. The summed E-state index contributed by atoms with van der Waals surface area (Å²) >= 11 is 0. The van der Waals surface area contributed by atoms with Crippen LogP contribution in [0.25, 0.3) is 11.4 Å². The van der Waals surface area contributed by atoms with Gasteiger partial charge in [-0.25, -0.2) is 0 Å². The summed E-state index contributed by atoms with van der Waals surface area (Å²) < 4.78 is 10.8. The van der Waals surface area contributed by atoms with Crippen molar-refractivity contribution in [1.82, 2.24) is 10.1 Å². The van der Waals surface area contributed by atoms with Crippen LogP contribution in [0.3, 0.4) is 0 Å². The van der Waals surface area contributed by atoms with Crippen LogP contribution in [0.2, 0.25) is 0 Å². The molecule has 5 heteroatoms. The molecule has 0 saturated carbocycles. The summed E-state index contributed by atoms with van der Waals surface area (Å²) in [4.78, 5) is 4.33. The van der Waals surface area contributed by atoms with Gasteiger partial charge in [0.05, 0.1) is 11.6 Å². The Hall–Kier alpha value is -3.13. The second-order valence-electron chi connectivity index (χ2n) is 4.75. The molecule has 0 aliphatic rings. The minimum Gasteiger partial charge on any atom is -0.484 e. The fourth-order valence-corrected chi connectivity index (χ4v) is 2.05. The highest BCUT2D eigenvalue weighted by Gasteiger charge is 2.11. The van der Waals surface area contributed by atoms with Crippen LogP contribution >= 0.6 is 0 Å². The molecule has 1 aromatic heterocycles. The molecule has 0 spiro atoms. The molecule has 0 fully saturated rings. The lowest BCUT2D eigenvalue weighted by Gasteiger charge is -2.02. The number of benzene rings is 2. The van der Waals surface area contributed by atoms with E-state index >= 15 is 0 Å². The van der Waals surface area contributed by atoms with Crippen molar-refractivity contribution in [3.8, 4) is 23.2 Å². The first-order valence-electron chi connectivity index (χ1n) is 6.78. The molecule has 2 aromatic carbocycles. The van der Waals surface area contributed by atoms with Gasteiger partial charge in [-0.15, -0.1) is 0 Å². The van der Waals surface area contributed by atoms with Crippen molar-refractivity contribution in [1.29, 1.82) is 5.26 Å². The number of hydrogen-bond donors (Lipinski definition) is 0. The van der Waals surface area contributed by atoms with E-state index in [-0.39, 0.29) is 6.61 Å². The Bertz CT molecular complexity index is 834. The molecule has 3 rings (SSSR count). The van der Waals surface area contributed by atoms with Gasteiger partial charge in [-0.2, -0.15) is 10.2 Å². The summed E-state index contributed by atoms with van der Waals surface area (Å²) in [5, 5.41) is 12.8. The minimum absolute atomic E-state index is 0.160. The fraction of sp³-hybridized carbons (Fsp3) is 0.118. The third kappa shape index (κ3) is 2.96. The molecule has 5 nitrogen and oxygen atoms in total. The van der Waals surface area contributed by atoms with E-state index in [4.69, 9.17) is 14.5 Å². The third-order valence-corrected chi connectivity index (χ3v) is 3.18. The predicted molar refractivity (Wildman–Crippen MR) is 80.0 cm³/mol. The normalized spacial score (nSPS) is 10.2. The molecule has 3 aromatic rings. The number of nitriles is 1. The molecule has 22 heavy (non-hydrogen) atoms. The van der Waals surface area contributed by atoms with Gasteiger partial charge in [-0.05, 0) is 30.7 Å². The number of rotatable bonds is 4. The van der Waals surface area contributed by atoms with Gasteiger partial charge in [0, 0.05) is 5.56 Å². The maximum atomic E-state index is 8.86. The monoisotopic (exact) mass is 291 g/mol. The van der Waals surface area contributed by atoms with E-state index in [9.17, 15) is 0 Å². The van der Waals surface area contributed by atoms with Crippen LogP contribution in [0.5, 0.6) is 5.75 Å². The molecular formula is C17H13N3O2. The van der Waals surface area contributed by atoms with Gasteiger partial charge in [-0.3, -0.25) is 0 Å². The molecule has 0 radical (unpaired) electrons. The third-order valence-electron chi connectivity index (χ3n) is 3.18.